The highest BCUT2D eigenvalue weighted by Gasteiger charge is 2.30. The van der Waals surface area contributed by atoms with Crippen LogP contribution in [-0.4, -0.2) is 20.0 Å². The topological polar surface area (TPSA) is 44.8 Å². The average molecular weight is 360 g/mol. The molecule has 4 heteroatoms. The Kier molecular flexibility index (Phi) is 4.55. The average Bonchev–Trinajstić information content (AvgIpc) is 3.02. The van der Waals surface area contributed by atoms with Gasteiger partial charge in [0.05, 0.1) is 19.8 Å². The van der Waals surface area contributed by atoms with E-state index in [4.69, 9.17) is 14.2 Å². The molecule has 0 bridgehead atoms. The fraction of sp³-hybridized carbons (Fsp3) is 0.174. The van der Waals surface area contributed by atoms with E-state index in [9.17, 15) is 4.79 Å². The molecule has 4 rings (SSSR count). The van der Waals surface area contributed by atoms with E-state index in [0.717, 1.165) is 23.3 Å². The van der Waals surface area contributed by atoms with Crippen LogP contribution in [0.5, 0.6) is 17.2 Å². The fourth-order valence-electron chi connectivity index (χ4n) is 3.31. The molecule has 0 spiro atoms. The number of carbonyl (C=O) groups is 1. The quantitative estimate of drug-likeness (QED) is 0.723. The Morgan fingerprint density at radius 3 is 2.52 bits per heavy atom. The number of rotatable bonds is 4. The Morgan fingerprint density at radius 1 is 1.04 bits per heavy atom. The minimum atomic E-state index is -0.0923. The van der Waals surface area contributed by atoms with Crippen LogP contribution in [0.15, 0.2) is 72.5 Å². The number of Topliss-reactive ketones (excluding diaryl/α,β-unsaturated/α-hetero) is 1. The van der Waals surface area contributed by atoms with E-state index in [0.29, 0.717) is 22.8 Å². The lowest BCUT2D eigenvalue weighted by Gasteiger charge is -2.11. The first-order chi connectivity index (χ1) is 13.2. The Balaban J connectivity index is 1.70. The fourth-order valence-corrected chi connectivity index (χ4v) is 3.31. The molecule has 0 aromatic heterocycles. The first kappa shape index (κ1) is 17.2. The first-order valence-corrected chi connectivity index (χ1v) is 8.84. The molecule has 4 nitrogen and oxygen atoms in total. The van der Waals surface area contributed by atoms with Gasteiger partial charge in [0, 0.05) is 17.5 Å². The van der Waals surface area contributed by atoms with Crippen molar-refractivity contribution in [2.75, 3.05) is 14.2 Å². The zero-order valence-corrected chi connectivity index (χ0v) is 15.3. The third kappa shape index (κ3) is 3.26. The number of hydrogen-bond donors (Lipinski definition) is 0. The van der Waals surface area contributed by atoms with Crippen molar-refractivity contribution in [3.63, 3.8) is 0 Å². The molecule has 0 saturated carbocycles. The predicted molar refractivity (Wildman–Crippen MR) is 104 cm³/mol. The normalized spacial score (nSPS) is 19.1. The molecule has 0 N–H and O–H groups in total. The van der Waals surface area contributed by atoms with Crippen molar-refractivity contribution in [1.82, 2.24) is 0 Å². The van der Waals surface area contributed by atoms with Crippen molar-refractivity contribution in [2.45, 2.75) is 6.42 Å². The van der Waals surface area contributed by atoms with Crippen molar-refractivity contribution in [3.05, 3.63) is 78.1 Å². The second-order valence-corrected chi connectivity index (χ2v) is 6.45. The molecule has 0 radical (unpaired) electrons. The predicted octanol–water partition coefficient (Wildman–Crippen LogP) is 4.96. The molecule has 1 heterocycles. The van der Waals surface area contributed by atoms with Crippen LogP contribution in [0.1, 0.15) is 16.8 Å². The van der Waals surface area contributed by atoms with Crippen molar-refractivity contribution in [2.24, 2.45) is 5.92 Å². The van der Waals surface area contributed by atoms with Crippen LogP contribution in [0.2, 0.25) is 0 Å². The Hall–Kier alpha value is -3.27. The molecule has 1 aliphatic heterocycles. The number of fused-ring (bicyclic) bond motifs is 1. The van der Waals surface area contributed by atoms with Crippen LogP contribution < -0.4 is 14.2 Å². The zero-order valence-electron chi connectivity index (χ0n) is 15.3. The third-order valence-corrected chi connectivity index (χ3v) is 4.77. The molecule has 136 valence electrons. The van der Waals surface area contributed by atoms with Gasteiger partial charge in [0.15, 0.2) is 5.76 Å². The number of allylic oxidation sites excluding steroid dienone is 6. The van der Waals surface area contributed by atoms with E-state index >= 15 is 0 Å². The molecule has 1 unspecified atom stereocenters. The van der Waals surface area contributed by atoms with Gasteiger partial charge in [0.25, 0.3) is 0 Å². The number of hydrogen-bond acceptors (Lipinski definition) is 4. The molecule has 0 amide bonds. The summed E-state index contributed by atoms with van der Waals surface area (Å²) in [5.74, 6) is 2.43. The maximum Gasteiger partial charge on any atom is 0.231 e. The maximum atomic E-state index is 12.9. The summed E-state index contributed by atoms with van der Waals surface area (Å²) in [4.78, 5) is 12.9. The smallest absolute Gasteiger partial charge is 0.231 e. The van der Waals surface area contributed by atoms with E-state index in [1.165, 1.54) is 0 Å². The molecular weight excluding hydrogens is 340 g/mol. The van der Waals surface area contributed by atoms with Gasteiger partial charge in [-0.1, -0.05) is 36.4 Å². The summed E-state index contributed by atoms with van der Waals surface area (Å²) in [5.41, 5.74) is 2.35. The largest absolute Gasteiger partial charge is 0.497 e. The van der Waals surface area contributed by atoms with Crippen LogP contribution in [0.25, 0.3) is 11.1 Å². The van der Waals surface area contributed by atoms with Crippen LogP contribution in [0.3, 0.4) is 0 Å². The van der Waals surface area contributed by atoms with E-state index < -0.39 is 0 Å². The number of methoxy groups -OCH3 is 2. The van der Waals surface area contributed by atoms with E-state index in [2.05, 4.69) is 12.2 Å². The lowest BCUT2D eigenvalue weighted by Crippen LogP contribution is -2.03. The maximum absolute atomic E-state index is 12.9. The van der Waals surface area contributed by atoms with Crippen LogP contribution in [-0.2, 0) is 0 Å². The molecule has 0 saturated heterocycles. The summed E-state index contributed by atoms with van der Waals surface area (Å²) < 4.78 is 16.6. The summed E-state index contributed by atoms with van der Waals surface area (Å²) in [5, 5.41) is 0. The van der Waals surface area contributed by atoms with Crippen molar-refractivity contribution in [3.8, 4) is 28.4 Å². The van der Waals surface area contributed by atoms with Gasteiger partial charge >= 0.3 is 0 Å². The molecule has 27 heavy (non-hydrogen) atoms. The van der Waals surface area contributed by atoms with Crippen LogP contribution in [0.4, 0.5) is 0 Å². The molecule has 2 aromatic carbocycles. The van der Waals surface area contributed by atoms with Crippen molar-refractivity contribution >= 4 is 5.78 Å². The minimum absolute atomic E-state index is 0.0923. The zero-order chi connectivity index (χ0) is 18.8. The van der Waals surface area contributed by atoms with Gasteiger partial charge in [-0.2, -0.15) is 0 Å². The summed E-state index contributed by atoms with van der Waals surface area (Å²) in [6, 6.07) is 11.3. The van der Waals surface area contributed by atoms with Gasteiger partial charge in [-0.3, -0.25) is 4.79 Å². The Labute approximate surface area is 158 Å². The molecule has 1 aliphatic carbocycles. The van der Waals surface area contributed by atoms with Crippen LogP contribution >= 0.6 is 0 Å². The van der Waals surface area contributed by atoms with Crippen LogP contribution in [0, 0.1) is 5.92 Å². The van der Waals surface area contributed by atoms with E-state index in [1.54, 1.807) is 20.3 Å². The summed E-state index contributed by atoms with van der Waals surface area (Å²) >= 11 is 0. The summed E-state index contributed by atoms with van der Waals surface area (Å²) in [6.45, 7) is 0. The number of ketones is 1. The standard InChI is InChI=1S/C23H20O4/c1-25-17-10-8-16(9-11-17)18-13-19-21(14-20(18)26-2)27-22(23(19)24)12-15-6-4-3-5-7-15/h3-6,8-15H,7H2,1-2H3. The SMILES string of the molecule is COc1ccc(-c2cc3c(cc2OC)OC(=CC2C=CC=CC2)C3=O)cc1. The molecule has 1 atom stereocenters. The summed E-state index contributed by atoms with van der Waals surface area (Å²) in [6.07, 6.45) is 10.9. The molecular formula is C23H20O4. The first-order valence-electron chi connectivity index (χ1n) is 8.84. The van der Waals surface area contributed by atoms with Gasteiger partial charge in [-0.15, -0.1) is 0 Å². The van der Waals surface area contributed by atoms with Gasteiger partial charge < -0.3 is 14.2 Å². The molecule has 2 aromatic rings. The van der Waals surface area contributed by atoms with Gasteiger partial charge in [0.2, 0.25) is 5.78 Å². The number of carbonyl (C=O) groups excluding carboxylic acids is 1. The van der Waals surface area contributed by atoms with Crippen molar-refractivity contribution < 1.29 is 19.0 Å². The van der Waals surface area contributed by atoms with Gasteiger partial charge in [-0.05, 0) is 36.3 Å². The Morgan fingerprint density at radius 2 is 1.85 bits per heavy atom. The molecule has 0 fully saturated rings. The number of benzene rings is 2. The second kappa shape index (κ2) is 7.16. The van der Waals surface area contributed by atoms with E-state index in [1.807, 2.05) is 48.6 Å². The highest BCUT2D eigenvalue weighted by atomic mass is 16.5. The highest BCUT2D eigenvalue weighted by Crippen LogP contribution is 2.41. The monoisotopic (exact) mass is 360 g/mol. The van der Waals surface area contributed by atoms with Gasteiger partial charge in [-0.25, -0.2) is 0 Å². The van der Waals surface area contributed by atoms with Gasteiger partial charge in [0.1, 0.15) is 17.2 Å². The summed E-state index contributed by atoms with van der Waals surface area (Å²) in [7, 11) is 3.24. The minimum Gasteiger partial charge on any atom is -0.497 e. The van der Waals surface area contributed by atoms with E-state index in [-0.39, 0.29) is 11.7 Å². The number of ether oxygens (including phenoxy) is 3. The Bertz CT molecular complexity index is 965. The molecule has 2 aliphatic rings. The van der Waals surface area contributed by atoms with Crippen molar-refractivity contribution in [1.29, 1.82) is 0 Å². The second-order valence-electron chi connectivity index (χ2n) is 6.45. The highest BCUT2D eigenvalue weighted by molar-refractivity contribution is 6.13. The third-order valence-electron chi connectivity index (χ3n) is 4.77. The lowest BCUT2D eigenvalue weighted by molar-refractivity contribution is 0.101. The lowest BCUT2D eigenvalue weighted by atomic mass is 9.97.